The molecule has 0 radical (unpaired) electrons. The lowest BCUT2D eigenvalue weighted by Crippen LogP contribution is -2.01. The first-order chi connectivity index (χ1) is 7.13. The summed E-state index contributed by atoms with van der Waals surface area (Å²) in [5.74, 6) is 0.731. The molecule has 0 heterocycles. The van der Waals surface area contributed by atoms with Crippen LogP contribution in [-0.4, -0.2) is 20.0 Å². The zero-order chi connectivity index (χ0) is 11.4. The number of hydrogen-bond acceptors (Lipinski definition) is 3. The molecule has 0 aliphatic carbocycles. The van der Waals surface area contributed by atoms with Gasteiger partial charge in [0.25, 0.3) is 0 Å². The van der Waals surface area contributed by atoms with E-state index in [1.54, 1.807) is 12.1 Å². The van der Waals surface area contributed by atoms with Gasteiger partial charge >= 0.3 is 0 Å². The highest BCUT2D eigenvalue weighted by Crippen LogP contribution is 2.34. The second-order valence-electron chi connectivity index (χ2n) is 2.76. The molecule has 15 heavy (non-hydrogen) atoms. The summed E-state index contributed by atoms with van der Waals surface area (Å²) in [5, 5.41) is 0. The fraction of sp³-hybridized carbons (Fsp3) is 0.182. The smallest absolute Gasteiger partial charge is 0.189 e. The summed E-state index contributed by atoms with van der Waals surface area (Å²) >= 11 is 3.29. The van der Waals surface area contributed by atoms with Gasteiger partial charge in [0.05, 0.1) is 19.8 Å². The molecule has 4 heteroatoms. The number of hydrogen-bond donors (Lipinski definition) is 0. The van der Waals surface area contributed by atoms with Crippen molar-refractivity contribution in [2.24, 2.45) is 0 Å². The van der Waals surface area contributed by atoms with Crippen LogP contribution in [0.25, 0.3) is 0 Å². The van der Waals surface area contributed by atoms with Crippen molar-refractivity contribution in [1.82, 2.24) is 0 Å². The van der Waals surface area contributed by atoms with Crippen LogP contribution < -0.4 is 9.47 Å². The van der Waals surface area contributed by atoms with Crippen molar-refractivity contribution in [3.63, 3.8) is 0 Å². The monoisotopic (exact) mass is 270 g/mol. The molecule has 0 saturated heterocycles. The van der Waals surface area contributed by atoms with E-state index in [0.717, 1.165) is 4.47 Å². The van der Waals surface area contributed by atoms with Crippen LogP contribution in [0.5, 0.6) is 11.5 Å². The molecular formula is C11H11BrO3. The Morgan fingerprint density at radius 3 is 2.53 bits per heavy atom. The Hall–Kier alpha value is -1.29. The lowest BCUT2D eigenvalue weighted by molar-refractivity contribution is 0.104. The third-order valence-corrected chi connectivity index (χ3v) is 2.35. The highest BCUT2D eigenvalue weighted by Gasteiger charge is 2.15. The normalized spacial score (nSPS) is 9.53. The number of carbonyl (C=O) groups is 1. The maximum atomic E-state index is 11.5. The average Bonchev–Trinajstić information content (AvgIpc) is 2.26. The standard InChI is InChI=1S/C11H11BrO3/c1-4-9(13)8-5-7(12)6-10(14-2)11(8)15-3/h4-6H,1H2,2-3H3. The van der Waals surface area contributed by atoms with E-state index >= 15 is 0 Å². The van der Waals surface area contributed by atoms with E-state index in [0.29, 0.717) is 17.1 Å². The van der Waals surface area contributed by atoms with Gasteiger partial charge in [-0.15, -0.1) is 0 Å². The molecule has 0 fully saturated rings. The quantitative estimate of drug-likeness (QED) is 0.624. The van der Waals surface area contributed by atoms with Crippen LogP contribution in [0.15, 0.2) is 29.3 Å². The second kappa shape index (κ2) is 4.98. The van der Waals surface area contributed by atoms with Crippen molar-refractivity contribution in [2.45, 2.75) is 0 Å². The summed E-state index contributed by atoms with van der Waals surface area (Å²) in [6.45, 7) is 3.44. The molecule has 1 rings (SSSR count). The van der Waals surface area contributed by atoms with E-state index in [4.69, 9.17) is 9.47 Å². The predicted molar refractivity (Wildman–Crippen MR) is 61.8 cm³/mol. The van der Waals surface area contributed by atoms with Crippen LogP contribution >= 0.6 is 15.9 Å². The summed E-state index contributed by atoms with van der Waals surface area (Å²) in [5.41, 5.74) is 0.429. The van der Waals surface area contributed by atoms with E-state index in [1.165, 1.54) is 20.3 Å². The van der Waals surface area contributed by atoms with Gasteiger partial charge in [0.1, 0.15) is 0 Å². The van der Waals surface area contributed by atoms with E-state index < -0.39 is 0 Å². The summed E-state index contributed by atoms with van der Waals surface area (Å²) in [7, 11) is 3.01. The van der Waals surface area contributed by atoms with Crippen LogP contribution in [0.1, 0.15) is 10.4 Å². The van der Waals surface area contributed by atoms with E-state index in [2.05, 4.69) is 22.5 Å². The highest BCUT2D eigenvalue weighted by atomic mass is 79.9. The minimum absolute atomic E-state index is 0.202. The Morgan fingerprint density at radius 1 is 1.40 bits per heavy atom. The molecular weight excluding hydrogens is 260 g/mol. The Bertz CT molecular complexity index is 399. The molecule has 1 aromatic rings. The minimum atomic E-state index is -0.202. The Morgan fingerprint density at radius 2 is 2.07 bits per heavy atom. The first-order valence-corrected chi connectivity index (χ1v) is 5.01. The Labute approximate surface area is 96.8 Å². The summed E-state index contributed by atoms with van der Waals surface area (Å²) in [4.78, 5) is 11.5. The summed E-state index contributed by atoms with van der Waals surface area (Å²) < 4.78 is 11.0. The number of allylic oxidation sites excluding steroid dienone is 1. The van der Waals surface area contributed by atoms with Crippen LogP contribution in [0.3, 0.4) is 0 Å². The SMILES string of the molecule is C=CC(=O)c1cc(Br)cc(OC)c1OC. The third kappa shape index (κ3) is 2.39. The van der Waals surface area contributed by atoms with Crippen molar-refractivity contribution in [1.29, 1.82) is 0 Å². The molecule has 1 aromatic carbocycles. The Kier molecular flexibility index (Phi) is 3.91. The van der Waals surface area contributed by atoms with Crippen LogP contribution in [-0.2, 0) is 0 Å². The zero-order valence-corrected chi connectivity index (χ0v) is 10.1. The first kappa shape index (κ1) is 11.8. The molecule has 0 aliphatic rings. The van der Waals surface area contributed by atoms with E-state index in [1.807, 2.05) is 0 Å². The maximum absolute atomic E-state index is 11.5. The van der Waals surface area contributed by atoms with Gasteiger partial charge in [-0.2, -0.15) is 0 Å². The van der Waals surface area contributed by atoms with Crippen molar-refractivity contribution in [2.75, 3.05) is 14.2 Å². The van der Waals surface area contributed by atoms with Crippen LogP contribution in [0.4, 0.5) is 0 Å². The second-order valence-corrected chi connectivity index (χ2v) is 3.67. The van der Waals surface area contributed by atoms with Gasteiger partial charge in [-0.1, -0.05) is 22.5 Å². The molecule has 0 bridgehead atoms. The van der Waals surface area contributed by atoms with Gasteiger partial charge in [-0.05, 0) is 18.2 Å². The lowest BCUT2D eigenvalue weighted by atomic mass is 10.1. The molecule has 0 atom stereocenters. The van der Waals surface area contributed by atoms with Crippen molar-refractivity contribution in [3.8, 4) is 11.5 Å². The summed E-state index contributed by atoms with van der Waals surface area (Å²) in [6.07, 6.45) is 1.24. The first-order valence-electron chi connectivity index (χ1n) is 4.22. The molecule has 0 N–H and O–H groups in total. The molecule has 80 valence electrons. The Balaban J connectivity index is 3.41. The van der Waals surface area contributed by atoms with Crippen LogP contribution in [0, 0.1) is 0 Å². The third-order valence-electron chi connectivity index (χ3n) is 1.89. The fourth-order valence-electron chi connectivity index (χ4n) is 1.22. The number of carbonyl (C=O) groups excluding carboxylic acids is 1. The topological polar surface area (TPSA) is 35.5 Å². The van der Waals surface area contributed by atoms with Gasteiger partial charge < -0.3 is 9.47 Å². The largest absolute Gasteiger partial charge is 0.493 e. The number of ketones is 1. The van der Waals surface area contributed by atoms with Crippen LogP contribution in [0.2, 0.25) is 0 Å². The van der Waals surface area contributed by atoms with Gasteiger partial charge in [-0.25, -0.2) is 0 Å². The van der Waals surface area contributed by atoms with Gasteiger partial charge in [0.2, 0.25) is 0 Å². The zero-order valence-electron chi connectivity index (χ0n) is 8.54. The number of ether oxygens (including phenoxy) is 2. The van der Waals surface area contributed by atoms with E-state index in [9.17, 15) is 4.79 Å². The minimum Gasteiger partial charge on any atom is -0.493 e. The molecule has 0 aliphatic heterocycles. The number of methoxy groups -OCH3 is 2. The number of benzene rings is 1. The van der Waals surface area contributed by atoms with E-state index in [-0.39, 0.29) is 5.78 Å². The lowest BCUT2D eigenvalue weighted by Gasteiger charge is -2.11. The predicted octanol–water partition coefficient (Wildman–Crippen LogP) is 2.84. The average molecular weight is 271 g/mol. The number of rotatable bonds is 4. The molecule has 3 nitrogen and oxygen atoms in total. The molecule has 0 saturated carbocycles. The maximum Gasteiger partial charge on any atom is 0.189 e. The fourth-order valence-corrected chi connectivity index (χ4v) is 1.66. The van der Waals surface area contributed by atoms with Gasteiger partial charge in [-0.3, -0.25) is 4.79 Å². The summed E-state index contributed by atoms with van der Waals surface area (Å²) in [6, 6.07) is 3.41. The van der Waals surface area contributed by atoms with Gasteiger partial charge in [0.15, 0.2) is 17.3 Å². The molecule has 0 unspecified atom stereocenters. The molecule has 0 spiro atoms. The van der Waals surface area contributed by atoms with Crippen molar-refractivity contribution < 1.29 is 14.3 Å². The highest BCUT2D eigenvalue weighted by molar-refractivity contribution is 9.10. The molecule has 0 aromatic heterocycles. The number of halogens is 1. The van der Waals surface area contributed by atoms with Crippen molar-refractivity contribution >= 4 is 21.7 Å². The van der Waals surface area contributed by atoms with Crippen molar-refractivity contribution in [3.05, 3.63) is 34.8 Å². The molecule has 0 amide bonds. The van der Waals surface area contributed by atoms with Gasteiger partial charge in [0, 0.05) is 4.47 Å².